The first-order chi connectivity index (χ1) is 24.9. The Hall–Kier alpha value is -2.46. The molecule has 10 heteroatoms. The Kier molecular flexibility index (Phi) is 12.8. The third kappa shape index (κ3) is 8.90. The van der Waals surface area contributed by atoms with Crippen molar-refractivity contribution >= 4 is 17.5 Å². The summed E-state index contributed by atoms with van der Waals surface area (Å²) in [5, 5.41) is 0. The molecular formula is C42H55F5O4S. The van der Waals surface area contributed by atoms with Gasteiger partial charge in [-0.25, -0.2) is 0 Å². The summed E-state index contributed by atoms with van der Waals surface area (Å²) in [6, 6.07) is 14.9. The molecule has 288 valence electrons. The molecule has 4 nitrogen and oxygen atoms in total. The van der Waals surface area contributed by atoms with Crippen molar-refractivity contribution in [3.05, 3.63) is 65.2 Å². The molecule has 1 unspecified atom stereocenters. The van der Waals surface area contributed by atoms with Crippen LogP contribution >= 0.6 is 11.8 Å². The van der Waals surface area contributed by atoms with Crippen LogP contribution in [0.25, 0.3) is 5.76 Å². The SMILES string of the molecule is COc1ccc2c(c1)CC[C@]1(C=C(OC3CCCCO3)c3ccc(OCCCCCSCCCC(F)(F)C(F)(F)F)cc3)[C@@H]2CC[C@]2(C)CCC[C@H]21. The molecule has 52 heavy (non-hydrogen) atoms. The van der Waals surface area contributed by atoms with Gasteiger partial charge >= 0.3 is 12.1 Å². The summed E-state index contributed by atoms with van der Waals surface area (Å²) in [6.07, 6.45) is 9.45. The molecule has 1 saturated heterocycles. The minimum atomic E-state index is -5.47. The number of rotatable bonds is 16. The second-order valence-corrected chi connectivity index (χ2v) is 16.9. The molecule has 0 bridgehead atoms. The lowest BCUT2D eigenvalue weighted by Gasteiger charge is -2.57. The lowest BCUT2D eigenvalue weighted by Crippen LogP contribution is -2.48. The largest absolute Gasteiger partial charge is 0.497 e. The number of aryl methyl sites for hydroxylation is 1. The van der Waals surface area contributed by atoms with E-state index in [4.69, 9.17) is 18.9 Å². The Labute approximate surface area is 310 Å². The van der Waals surface area contributed by atoms with Crippen LogP contribution in [0.1, 0.15) is 119 Å². The van der Waals surface area contributed by atoms with Gasteiger partial charge in [-0.3, -0.25) is 0 Å². The van der Waals surface area contributed by atoms with Crippen molar-refractivity contribution < 1.29 is 40.9 Å². The highest BCUT2D eigenvalue weighted by Gasteiger charge is 2.59. The minimum Gasteiger partial charge on any atom is -0.497 e. The average molecular weight is 751 g/mol. The zero-order valence-corrected chi connectivity index (χ0v) is 31.5. The number of alkyl halides is 5. The van der Waals surface area contributed by atoms with Gasteiger partial charge in [0, 0.05) is 23.8 Å². The minimum absolute atomic E-state index is 0.0172. The van der Waals surface area contributed by atoms with E-state index in [1.807, 2.05) is 12.1 Å². The molecule has 0 amide bonds. The number of fused-ring (bicyclic) bond motifs is 5. The zero-order chi connectivity index (χ0) is 36.8. The quantitative estimate of drug-likeness (QED) is 0.0970. The third-order valence-electron chi connectivity index (χ3n) is 12.3. The molecule has 2 aromatic rings. The maximum Gasteiger partial charge on any atom is 0.453 e. The molecule has 0 aromatic heterocycles. The average Bonchev–Trinajstić information content (AvgIpc) is 3.54. The van der Waals surface area contributed by atoms with E-state index in [0.717, 1.165) is 79.9 Å². The molecule has 0 spiro atoms. The predicted molar refractivity (Wildman–Crippen MR) is 197 cm³/mol. The third-order valence-corrected chi connectivity index (χ3v) is 13.4. The molecular weight excluding hydrogens is 696 g/mol. The van der Waals surface area contributed by atoms with Gasteiger partial charge in [-0.1, -0.05) is 19.4 Å². The second-order valence-electron chi connectivity index (χ2n) is 15.6. The predicted octanol–water partition coefficient (Wildman–Crippen LogP) is 12.2. The molecule has 0 radical (unpaired) electrons. The number of methoxy groups -OCH3 is 1. The Bertz CT molecular complexity index is 1490. The fourth-order valence-electron chi connectivity index (χ4n) is 9.52. The van der Waals surface area contributed by atoms with Crippen molar-refractivity contribution in [3.63, 3.8) is 0 Å². The van der Waals surface area contributed by atoms with Gasteiger partial charge in [-0.15, -0.1) is 0 Å². The molecule has 2 saturated carbocycles. The molecule has 1 aliphatic heterocycles. The first kappa shape index (κ1) is 39.2. The van der Waals surface area contributed by atoms with E-state index in [9.17, 15) is 22.0 Å². The number of halogens is 5. The van der Waals surface area contributed by atoms with E-state index in [2.05, 4.69) is 43.3 Å². The van der Waals surface area contributed by atoms with Gasteiger partial charge in [-0.05, 0) is 159 Å². The smallest absolute Gasteiger partial charge is 0.453 e. The van der Waals surface area contributed by atoms with Crippen molar-refractivity contribution in [1.82, 2.24) is 0 Å². The van der Waals surface area contributed by atoms with Crippen molar-refractivity contribution in [2.45, 2.75) is 128 Å². The van der Waals surface area contributed by atoms with Crippen LogP contribution in [0, 0.1) is 16.7 Å². The van der Waals surface area contributed by atoms with Crippen molar-refractivity contribution in [3.8, 4) is 11.5 Å². The van der Waals surface area contributed by atoms with Crippen LogP contribution < -0.4 is 9.47 Å². The van der Waals surface area contributed by atoms with Crippen LogP contribution in [0.15, 0.2) is 48.5 Å². The molecule has 2 aromatic carbocycles. The van der Waals surface area contributed by atoms with E-state index in [1.54, 1.807) is 7.11 Å². The topological polar surface area (TPSA) is 36.9 Å². The van der Waals surface area contributed by atoms with Crippen LogP contribution in [-0.4, -0.2) is 50.2 Å². The number of allylic oxidation sites excluding steroid dienone is 1. The summed E-state index contributed by atoms with van der Waals surface area (Å²) in [4.78, 5) is 0. The number of hydrogen-bond acceptors (Lipinski definition) is 5. The van der Waals surface area contributed by atoms with Crippen molar-refractivity contribution in [1.29, 1.82) is 0 Å². The number of ether oxygens (including phenoxy) is 4. The fraction of sp³-hybridized carbons (Fsp3) is 0.667. The Balaban J connectivity index is 1.11. The van der Waals surface area contributed by atoms with Crippen LogP contribution in [-0.2, 0) is 15.9 Å². The van der Waals surface area contributed by atoms with Crippen LogP contribution in [0.3, 0.4) is 0 Å². The van der Waals surface area contributed by atoms with Crippen LogP contribution in [0.5, 0.6) is 11.5 Å². The summed E-state index contributed by atoms with van der Waals surface area (Å²) in [5.74, 6) is 0.0530. The summed E-state index contributed by atoms with van der Waals surface area (Å²) >= 11 is 1.42. The Morgan fingerprint density at radius 3 is 2.42 bits per heavy atom. The van der Waals surface area contributed by atoms with E-state index in [1.165, 1.54) is 55.0 Å². The van der Waals surface area contributed by atoms with Crippen molar-refractivity contribution in [2.75, 3.05) is 31.8 Å². The summed E-state index contributed by atoms with van der Waals surface area (Å²) in [7, 11) is 1.74. The molecule has 1 heterocycles. The summed E-state index contributed by atoms with van der Waals surface area (Å²) in [6.45, 7) is 3.79. The molecule has 4 aliphatic rings. The van der Waals surface area contributed by atoms with Gasteiger partial charge in [0.2, 0.25) is 0 Å². The van der Waals surface area contributed by atoms with Crippen molar-refractivity contribution in [2.24, 2.45) is 16.7 Å². The molecule has 0 N–H and O–H groups in total. The highest BCUT2D eigenvalue weighted by molar-refractivity contribution is 7.99. The first-order valence-corrected chi connectivity index (χ1v) is 20.5. The van der Waals surface area contributed by atoms with Gasteiger partial charge in [0.15, 0.2) is 6.29 Å². The number of unbranched alkanes of at least 4 members (excludes halogenated alkanes) is 2. The second kappa shape index (κ2) is 16.9. The molecule has 6 rings (SSSR count). The maximum atomic E-state index is 13.1. The van der Waals surface area contributed by atoms with E-state index in [0.29, 0.717) is 36.2 Å². The lowest BCUT2D eigenvalue weighted by atomic mass is 9.47. The van der Waals surface area contributed by atoms with E-state index in [-0.39, 0.29) is 18.1 Å². The monoisotopic (exact) mass is 750 g/mol. The Morgan fingerprint density at radius 1 is 0.885 bits per heavy atom. The zero-order valence-electron chi connectivity index (χ0n) is 30.7. The molecule has 3 aliphatic carbocycles. The summed E-state index contributed by atoms with van der Waals surface area (Å²) in [5.41, 5.74) is 4.23. The standard InChI is InChI=1S/C42H55F5O4S/c1-39-20-8-10-37(39)40(23-18-31-28-33(48-2)16-17-34(31)35(40)19-22-39)29-36(51-38-11-4-6-25-50-38)30-12-14-32(15-13-30)49-24-5-3-7-26-52-27-9-21-41(43,44)42(45,46)47/h12-17,28-29,35,37-38H,3-11,18-27H2,1-2H3/t35-,37-,38?,39+,40+/m1/s1. The number of thioether (sulfide) groups is 1. The number of hydrogen-bond donors (Lipinski definition) is 0. The van der Waals surface area contributed by atoms with Gasteiger partial charge in [0.25, 0.3) is 0 Å². The number of benzene rings is 2. The van der Waals surface area contributed by atoms with Crippen LogP contribution in [0.4, 0.5) is 22.0 Å². The fourth-order valence-corrected chi connectivity index (χ4v) is 10.5. The van der Waals surface area contributed by atoms with Gasteiger partial charge in [0.1, 0.15) is 17.3 Å². The lowest BCUT2D eigenvalue weighted by molar-refractivity contribution is -0.284. The molecule has 3 fully saturated rings. The van der Waals surface area contributed by atoms with Crippen LogP contribution in [0.2, 0.25) is 0 Å². The normalized spacial score (nSPS) is 27.8. The maximum absolute atomic E-state index is 13.1. The highest BCUT2D eigenvalue weighted by atomic mass is 32.2. The summed E-state index contributed by atoms with van der Waals surface area (Å²) < 4.78 is 87.7. The molecule has 5 atom stereocenters. The van der Waals surface area contributed by atoms with E-state index < -0.39 is 18.5 Å². The van der Waals surface area contributed by atoms with Gasteiger partial charge in [-0.2, -0.15) is 33.7 Å². The van der Waals surface area contributed by atoms with Gasteiger partial charge in [0.05, 0.1) is 20.3 Å². The Morgan fingerprint density at radius 2 is 1.67 bits per heavy atom. The first-order valence-electron chi connectivity index (χ1n) is 19.4. The highest BCUT2D eigenvalue weighted by Crippen LogP contribution is 2.68. The van der Waals surface area contributed by atoms with Gasteiger partial charge < -0.3 is 18.9 Å². The van der Waals surface area contributed by atoms with E-state index >= 15 is 0 Å².